The molecule has 2 aromatic carbocycles. The van der Waals surface area contributed by atoms with Crippen molar-refractivity contribution in [2.45, 2.75) is 29.7 Å². The Morgan fingerprint density at radius 1 is 1.03 bits per heavy atom. The molecule has 10 heteroatoms. The van der Waals surface area contributed by atoms with Crippen LogP contribution in [-0.2, 0) is 20.8 Å². The van der Waals surface area contributed by atoms with Crippen LogP contribution in [0.25, 0.3) is 0 Å². The summed E-state index contributed by atoms with van der Waals surface area (Å²) in [6.07, 6.45) is -4.58. The molecule has 0 radical (unpaired) electrons. The largest absolute Gasteiger partial charge is 0.492 e. The summed E-state index contributed by atoms with van der Waals surface area (Å²) in [6.45, 7) is 2.50. The minimum Gasteiger partial charge on any atom is -0.492 e. The van der Waals surface area contributed by atoms with Crippen molar-refractivity contribution in [3.8, 4) is 5.75 Å². The van der Waals surface area contributed by atoms with Crippen LogP contribution >= 0.6 is 11.6 Å². The van der Waals surface area contributed by atoms with Gasteiger partial charge < -0.3 is 10.1 Å². The number of benzene rings is 2. The standard InChI is InChI=1S/C19H19ClF3NO4S/c1-18(2,17(25)24-11-12-28-15-7-5-14(20)6-8-15)29(26,27)16-9-3-13(4-10-16)19(21,22)23/h3-10H,11-12H2,1-2H3,(H,24,25). The van der Waals surface area contributed by atoms with E-state index >= 15 is 0 Å². The van der Waals surface area contributed by atoms with Gasteiger partial charge in [0.2, 0.25) is 5.91 Å². The van der Waals surface area contributed by atoms with Gasteiger partial charge in [-0.25, -0.2) is 8.42 Å². The highest BCUT2D eigenvalue weighted by atomic mass is 35.5. The maximum absolute atomic E-state index is 12.8. The number of alkyl halides is 3. The quantitative estimate of drug-likeness (QED) is 0.646. The molecule has 158 valence electrons. The lowest BCUT2D eigenvalue weighted by Gasteiger charge is -2.24. The second kappa shape index (κ2) is 8.62. The van der Waals surface area contributed by atoms with Crippen molar-refractivity contribution in [3.63, 3.8) is 0 Å². The molecular formula is C19H19ClF3NO4S. The van der Waals surface area contributed by atoms with Crippen molar-refractivity contribution in [2.75, 3.05) is 13.2 Å². The van der Waals surface area contributed by atoms with Gasteiger partial charge in [0.15, 0.2) is 9.84 Å². The van der Waals surface area contributed by atoms with Crippen LogP contribution in [0.3, 0.4) is 0 Å². The summed E-state index contributed by atoms with van der Waals surface area (Å²) in [5.41, 5.74) is -0.974. The molecule has 1 amide bonds. The number of rotatable bonds is 7. The Morgan fingerprint density at radius 3 is 2.10 bits per heavy atom. The summed E-state index contributed by atoms with van der Waals surface area (Å²) in [6, 6.07) is 9.58. The van der Waals surface area contributed by atoms with Gasteiger partial charge in [0.05, 0.1) is 17.0 Å². The van der Waals surface area contributed by atoms with E-state index in [0.29, 0.717) is 22.9 Å². The molecule has 5 nitrogen and oxygen atoms in total. The van der Waals surface area contributed by atoms with Crippen molar-refractivity contribution >= 4 is 27.3 Å². The van der Waals surface area contributed by atoms with E-state index in [1.807, 2.05) is 0 Å². The third-order valence-corrected chi connectivity index (χ3v) is 6.85. The van der Waals surface area contributed by atoms with Gasteiger partial charge in [-0.15, -0.1) is 0 Å². The Kier molecular flexibility index (Phi) is 6.85. The summed E-state index contributed by atoms with van der Waals surface area (Å²) < 4.78 is 67.0. The van der Waals surface area contributed by atoms with Gasteiger partial charge in [0, 0.05) is 5.02 Å². The second-order valence-corrected chi connectivity index (χ2v) is 9.53. The monoisotopic (exact) mass is 449 g/mol. The Labute approximate surface area is 171 Å². The molecule has 0 heterocycles. The molecule has 0 unspecified atom stereocenters. The Bertz CT molecular complexity index is 956. The molecule has 0 aliphatic heterocycles. The Morgan fingerprint density at radius 2 is 1.59 bits per heavy atom. The van der Waals surface area contributed by atoms with Crippen LogP contribution in [0.15, 0.2) is 53.4 Å². The first-order chi connectivity index (χ1) is 13.4. The van der Waals surface area contributed by atoms with Gasteiger partial charge >= 0.3 is 6.18 Å². The van der Waals surface area contributed by atoms with Crippen molar-refractivity contribution in [1.82, 2.24) is 5.32 Å². The van der Waals surface area contributed by atoms with Crippen LogP contribution in [0.2, 0.25) is 5.02 Å². The number of carbonyl (C=O) groups is 1. The van der Waals surface area contributed by atoms with Crippen LogP contribution in [-0.4, -0.2) is 32.2 Å². The SMILES string of the molecule is CC(C)(C(=O)NCCOc1ccc(Cl)cc1)S(=O)(=O)c1ccc(C(F)(F)F)cc1. The minimum atomic E-state index is -4.58. The van der Waals surface area contributed by atoms with Crippen molar-refractivity contribution < 1.29 is 31.1 Å². The van der Waals surface area contributed by atoms with E-state index in [4.69, 9.17) is 16.3 Å². The zero-order valence-corrected chi connectivity index (χ0v) is 17.2. The summed E-state index contributed by atoms with van der Waals surface area (Å²) in [4.78, 5) is 12.1. The molecule has 29 heavy (non-hydrogen) atoms. The van der Waals surface area contributed by atoms with Crippen LogP contribution in [0.5, 0.6) is 5.75 Å². The van der Waals surface area contributed by atoms with E-state index in [0.717, 1.165) is 12.1 Å². The average Bonchev–Trinajstić information content (AvgIpc) is 2.65. The number of nitrogens with one attached hydrogen (secondary N) is 1. The normalized spacial score (nSPS) is 12.5. The molecular weight excluding hydrogens is 431 g/mol. The van der Waals surface area contributed by atoms with Crippen LogP contribution in [0.1, 0.15) is 19.4 Å². The first kappa shape index (κ1) is 23.0. The fraction of sp³-hybridized carbons (Fsp3) is 0.316. The minimum absolute atomic E-state index is 0.0351. The molecule has 1 N–H and O–H groups in total. The lowest BCUT2D eigenvalue weighted by Crippen LogP contribution is -2.48. The first-order valence-electron chi connectivity index (χ1n) is 8.44. The van der Waals surface area contributed by atoms with Gasteiger partial charge in [-0.1, -0.05) is 11.6 Å². The third-order valence-electron chi connectivity index (χ3n) is 4.18. The molecule has 0 saturated heterocycles. The van der Waals surface area contributed by atoms with Crippen LogP contribution in [0.4, 0.5) is 13.2 Å². The molecule has 0 atom stereocenters. The maximum atomic E-state index is 12.8. The topological polar surface area (TPSA) is 72.5 Å². The van der Waals surface area contributed by atoms with Gasteiger partial charge in [-0.2, -0.15) is 13.2 Å². The summed E-state index contributed by atoms with van der Waals surface area (Å²) in [5, 5.41) is 3.01. The summed E-state index contributed by atoms with van der Waals surface area (Å²) >= 11 is 5.76. The van der Waals surface area contributed by atoms with Crippen molar-refractivity contribution in [2.24, 2.45) is 0 Å². The lowest BCUT2D eigenvalue weighted by atomic mass is 10.2. The molecule has 0 saturated carbocycles. The number of halogens is 4. The molecule has 0 fully saturated rings. The number of amides is 1. The van der Waals surface area contributed by atoms with Gasteiger partial charge in [0.1, 0.15) is 17.1 Å². The summed E-state index contributed by atoms with van der Waals surface area (Å²) in [5.74, 6) is -0.266. The van der Waals surface area contributed by atoms with Crippen molar-refractivity contribution in [1.29, 1.82) is 0 Å². The van der Waals surface area contributed by atoms with Crippen LogP contribution < -0.4 is 10.1 Å². The highest BCUT2D eigenvalue weighted by molar-refractivity contribution is 7.93. The van der Waals surface area contributed by atoms with Gasteiger partial charge in [-0.05, 0) is 62.4 Å². The van der Waals surface area contributed by atoms with Gasteiger partial charge in [-0.3, -0.25) is 4.79 Å². The highest BCUT2D eigenvalue weighted by Gasteiger charge is 2.43. The number of hydrogen-bond donors (Lipinski definition) is 1. The molecule has 0 aromatic heterocycles. The van der Waals surface area contributed by atoms with Crippen molar-refractivity contribution in [3.05, 3.63) is 59.1 Å². The molecule has 0 bridgehead atoms. The van der Waals surface area contributed by atoms with E-state index in [9.17, 15) is 26.4 Å². The Hall–Kier alpha value is -2.26. The number of carbonyl (C=O) groups excluding carboxylic acids is 1. The molecule has 0 spiro atoms. The molecule has 0 aliphatic rings. The molecule has 2 aromatic rings. The number of hydrogen-bond acceptors (Lipinski definition) is 4. The fourth-order valence-electron chi connectivity index (χ4n) is 2.32. The van der Waals surface area contributed by atoms with E-state index in [2.05, 4.69) is 5.32 Å². The lowest BCUT2D eigenvalue weighted by molar-refractivity contribution is -0.137. The predicted octanol–water partition coefficient (Wildman–Crippen LogP) is 4.11. The second-order valence-electron chi connectivity index (χ2n) is 6.59. The van der Waals surface area contributed by atoms with Gasteiger partial charge in [0.25, 0.3) is 0 Å². The number of sulfone groups is 1. The maximum Gasteiger partial charge on any atom is 0.416 e. The highest BCUT2D eigenvalue weighted by Crippen LogP contribution is 2.32. The summed E-state index contributed by atoms with van der Waals surface area (Å²) in [7, 11) is -4.23. The van der Waals surface area contributed by atoms with E-state index in [1.165, 1.54) is 13.8 Å². The average molecular weight is 450 g/mol. The zero-order chi connectivity index (χ0) is 21.9. The fourth-order valence-corrected chi connectivity index (χ4v) is 3.84. The van der Waals surface area contributed by atoms with E-state index < -0.39 is 32.2 Å². The first-order valence-corrected chi connectivity index (χ1v) is 10.3. The smallest absolute Gasteiger partial charge is 0.416 e. The Balaban J connectivity index is 2.01. The van der Waals surface area contributed by atoms with E-state index in [1.54, 1.807) is 24.3 Å². The van der Waals surface area contributed by atoms with Crippen LogP contribution in [0, 0.1) is 0 Å². The zero-order valence-electron chi connectivity index (χ0n) is 15.6. The molecule has 2 rings (SSSR count). The van der Waals surface area contributed by atoms with E-state index in [-0.39, 0.29) is 18.0 Å². The number of ether oxygens (including phenoxy) is 1. The predicted molar refractivity (Wildman–Crippen MR) is 103 cm³/mol. The third kappa shape index (κ3) is 5.42. The molecule has 0 aliphatic carbocycles.